The van der Waals surface area contributed by atoms with E-state index in [9.17, 15) is 0 Å². The first-order valence-corrected chi connectivity index (χ1v) is 6.43. The van der Waals surface area contributed by atoms with E-state index in [1.807, 2.05) is 24.7 Å². The molecule has 4 nitrogen and oxygen atoms in total. The monoisotopic (exact) mass is 247 g/mol. The van der Waals surface area contributed by atoms with Crippen LogP contribution < -0.4 is 5.32 Å². The maximum Gasteiger partial charge on any atom is 0.105 e. The van der Waals surface area contributed by atoms with Crippen LogP contribution in [0.15, 0.2) is 35.3 Å². The van der Waals surface area contributed by atoms with Crippen molar-refractivity contribution in [2.45, 2.75) is 45.8 Å². The molecule has 2 aromatic heterocycles. The van der Waals surface area contributed by atoms with Gasteiger partial charge in [-0.25, -0.2) is 4.98 Å². The van der Waals surface area contributed by atoms with Gasteiger partial charge in [-0.05, 0) is 32.9 Å². The standard InChI is InChI=1S/C14H21N3O/c1-11(2)17-10-15-8-13(17)9-16-12(3)7-14-5-4-6-18-14/h4-6,8,10-12,16H,7,9H2,1-3H3. The van der Waals surface area contributed by atoms with Gasteiger partial charge < -0.3 is 14.3 Å². The van der Waals surface area contributed by atoms with E-state index < -0.39 is 0 Å². The van der Waals surface area contributed by atoms with E-state index in [4.69, 9.17) is 4.42 Å². The topological polar surface area (TPSA) is 43.0 Å². The summed E-state index contributed by atoms with van der Waals surface area (Å²) in [6.07, 6.45) is 6.43. The number of aromatic nitrogens is 2. The Morgan fingerprint density at radius 1 is 1.39 bits per heavy atom. The van der Waals surface area contributed by atoms with Crippen molar-refractivity contribution in [1.29, 1.82) is 0 Å². The Hall–Kier alpha value is -1.55. The van der Waals surface area contributed by atoms with Crippen LogP contribution in [-0.2, 0) is 13.0 Å². The molecule has 4 heteroatoms. The van der Waals surface area contributed by atoms with Gasteiger partial charge in [0.2, 0.25) is 0 Å². The quantitative estimate of drug-likeness (QED) is 0.853. The molecule has 0 aliphatic rings. The average Bonchev–Trinajstić information content (AvgIpc) is 2.96. The third-order valence-corrected chi connectivity index (χ3v) is 3.02. The molecular weight excluding hydrogens is 226 g/mol. The van der Waals surface area contributed by atoms with Crippen molar-refractivity contribution in [1.82, 2.24) is 14.9 Å². The highest BCUT2D eigenvalue weighted by molar-refractivity contribution is 5.02. The second-order valence-electron chi connectivity index (χ2n) is 4.95. The van der Waals surface area contributed by atoms with Crippen LogP contribution in [0.3, 0.4) is 0 Å². The van der Waals surface area contributed by atoms with Gasteiger partial charge >= 0.3 is 0 Å². The number of nitrogens with one attached hydrogen (secondary N) is 1. The summed E-state index contributed by atoms with van der Waals surface area (Å²) in [6, 6.07) is 4.77. The zero-order chi connectivity index (χ0) is 13.0. The zero-order valence-corrected chi connectivity index (χ0v) is 11.3. The zero-order valence-electron chi connectivity index (χ0n) is 11.3. The summed E-state index contributed by atoms with van der Waals surface area (Å²) in [6.45, 7) is 7.33. The Bertz CT molecular complexity index is 459. The SMILES string of the molecule is CC(Cc1ccco1)NCc1cncn1C(C)C. The summed E-state index contributed by atoms with van der Waals surface area (Å²) in [7, 11) is 0. The molecule has 2 rings (SSSR count). The third-order valence-electron chi connectivity index (χ3n) is 3.02. The average molecular weight is 247 g/mol. The summed E-state index contributed by atoms with van der Waals surface area (Å²) in [5, 5.41) is 3.50. The highest BCUT2D eigenvalue weighted by Crippen LogP contribution is 2.09. The van der Waals surface area contributed by atoms with Crippen molar-refractivity contribution in [3.63, 3.8) is 0 Å². The van der Waals surface area contributed by atoms with E-state index in [-0.39, 0.29) is 0 Å². The molecule has 0 saturated carbocycles. The fraction of sp³-hybridized carbons (Fsp3) is 0.500. The van der Waals surface area contributed by atoms with Crippen LogP contribution in [0.25, 0.3) is 0 Å². The molecule has 98 valence electrons. The first-order chi connectivity index (χ1) is 8.66. The van der Waals surface area contributed by atoms with Crippen LogP contribution in [0.2, 0.25) is 0 Å². The third kappa shape index (κ3) is 3.23. The lowest BCUT2D eigenvalue weighted by molar-refractivity contribution is 0.448. The number of nitrogens with zero attached hydrogens (tertiary/aromatic N) is 2. The minimum Gasteiger partial charge on any atom is -0.469 e. The maximum atomic E-state index is 5.35. The summed E-state index contributed by atoms with van der Waals surface area (Å²) in [4.78, 5) is 4.20. The number of hydrogen-bond donors (Lipinski definition) is 1. The lowest BCUT2D eigenvalue weighted by atomic mass is 10.2. The fourth-order valence-corrected chi connectivity index (χ4v) is 2.02. The molecule has 2 heterocycles. The first kappa shape index (κ1) is 12.9. The highest BCUT2D eigenvalue weighted by atomic mass is 16.3. The smallest absolute Gasteiger partial charge is 0.105 e. The largest absolute Gasteiger partial charge is 0.469 e. The van der Waals surface area contributed by atoms with Gasteiger partial charge in [-0.2, -0.15) is 0 Å². The highest BCUT2D eigenvalue weighted by Gasteiger charge is 2.08. The molecule has 0 radical (unpaired) electrons. The number of rotatable bonds is 6. The normalized spacial score (nSPS) is 13.1. The molecular formula is C14H21N3O. The molecule has 1 atom stereocenters. The molecule has 0 amide bonds. The van der Waals surface area contributed by atoms with Gasteiger partial charge in [0.1, 0.15) is 5.76 Å². The molecule has 0 aliphatic heterocycles. The molecule has 0 aromatic carbocycles. The van der Waals surface area contributed by atoms with Crippen LogP contribution in [0.1, 0.15) is 38.3 Å². The Morgan fingerprint density at radius 3 is 2.89 bits per heavy atom. The van der Waals surface area contributed by atoms with Crippen LogP contribution in [0, 0.1) is 0 Å². The van der Waals surface area contributed by atoms with Crippen LogP contribution >= 0.6 is 0 Å². The van der Waals surface area contributed by atoms with Gasteiger partial charge in [0.05, 0.1) is 18.3 Å². The summed E-state index contributed by atoms with van der Waals surface area (Å²) < 4.78 is 7.53. The predicted octanol–water partition coefficient (Wildman–Crippen LogP) is 2.78. The van der Waals surface area contributed by atoms with E-state index in [1.54, 1.807) is 6.26 Å². The number of hydrogen-bond acceptors (Lipinski definition) is 3. The second-order valence-corrected chi connectivity index (χ2v) is 4.95. The maximum absolute atomic E-state index is 5.35. The van der Waals surface area contributed by atoms with E-state index in [2.05, 4.69) is 35.6 Å². The first-order valence-electron chi connectivity index (χ1n) is 6.43. The molecule has 1 N–H and O–H groups in total. The molecule has 18 heavy (non-hydrogen) atoms. The number of imidazole rings is 1. The minimum absolute atomic E-state index is 0.381. The van der Waals surface area contributed by atoms with E-state index in [1.165, 1.54) is 5.69 Å². The van der Waals surface area contributed by atoms with Gasteiger partial charge in [-0.3, -0.25) is 0 Å². The van der Waals surface area contributed by atoms with Gasteiger partial charge in [0, 0.05) is 31.2 Å². The van der Waals surface area contributed by atoms with Crippen molar-refractivity contribution in [2.24, 2.45) is 0 Å². The minimum atomic E-state index is 0.381. The van der Waals surface area contributed by atoms with Gasteiger partial charge in [0.15, 0.2) is 0 Å². The molecule has 0 saturated heterocycles. The predicted molar refractivity (Wildman–Crippen MR) is 71.3 cm³/mol. The van der Waals surface area contributed by atoms with Crippen LogP contribution in [0.5, 0.6) is 0 Å². The Balaban J connectivity index is 1.85. The second kappa shape index (κ2) is 5.87. The Labute approximate surface area is 108 Å². The summed E-state index contributed by atoms with van der Waals surface area (Å²) in [5.41, 5.74) is 1.22. The van der Waals surface area contributed by atoms with Crippen LogP contribution in [-0.4, -0.2) is 15.6 Å². The molecule has 0 aliphatic carbocycles. The van der Waals surface area contributed by atoms with Gasteiger partial charge in [-0.1, -0.05) is 0 Å². The lowest BCUT2D eigenvalue weighted by Crippen LogP contribution is -2.28. The molecule has 0 fully saturated rings. The van der Waals surface area contributed by atoms with Crippen molar-refractivity contribution < 1.29 is 4.42 Å². The molecule has 2 aromatic rings. The van der Waals surface area contributed by atoms with E-state index >= 15 is 0 Å². The summed E-state index contributed by atoms with van der Waals surface area (Å²) in [5.74, 6) is 1.02. The summed E-state index contributed by atoms with van der Waals surface area (Å²) >= 11 is 0. The van der Waals surface area contributed by atoms with Gasteiger partial charge in [-0.15, -0.1) is 0 Å². The van der Waals surface area contributed by atoms with Crippen LogP contribution in [0.4, 0.5) is 0 Å². The van der Waals surface area contributed by atoms with Crippen molar-refractivity contribution in [3.8, 4) is 0 Å². The van der Waals surface area contributed by atoms with Crippen molar-refractivity contribution in [3.05, 3.63) is 42.4 Å². The molecule has 0 spiro atoms. The van der Waals surface area contributed by atoms with E-state index in [0.29, 0.717) is 12.1 Å². The lowest BCUT2D eigenvalue weighted by Gasteiger charge is -2.15. The molecule has 1 unspecified atom stereocenters. The van der Waals surface area contributed by atoms with Crippen molar-refractivity contribution in [2.75, 3.05) is 0 Å². The Morgan fingerprint density at radius 2 is 2.22 bits per heavy atom. The Kier molecular flexibility index (Phi) is 4.20. The van der Waals surface area contributed by atoms with E-state index in [0.717, 1.165) is 18.7 Å². The van der Waals surface area contributed by atoms with Crippen molar-refractivity contribution >= 4 is 0 Å². The number of furan rings is 1. The fourth-order valence-electron chi connectivity index (χ4n) is 2.02. The van der Waals surface area contributed by atoms with Gasteiger partial charge in [0.25, 0.3) is 0 Å². The molecule has 0 bridgehead atoms.